The van der Waals surface area contributed by atoms with E-state index in [9.17, 15) is 9.59 Å². The first-order valence-electron chi connectivity index (χ1n) is 8.84. The van der Waals surface area contributed by atoms with Gasteiger partial charge in [-0.1, -0.05) is 18.2 Å². The normalized spacial score (nSPS) is 20.5. The number of urea groups is 1. The number of nitrogens with zero attached hydrogens (tertiary/aromatic N) is 2. The van der Waals surface area contributed by atoms with Crippen molar-refractivity contribution in [3.63, 3.8) is 0 Å². The van der Waals surface area contributed by atoms with E-state index in [0.29, 0.717) is 19.0 Å². The quantitative estimate of drug-likeness (QED) is 0.783. The van der Waals surface area contributed by atoms with Crippen LogP contribution < -0.4 is 10.6 Å². The highest BCUT2D eigenvalue weighted by molar-refractivity contribution is 5.78. The van der Waals surface area contributed by atoms with Crippen LogP contribution in [0.15, 0.2) is 30.3 Å². The first-order chi connectivity index (χ1) is 11.7. The average molecular weight is 330 g/mol. The number of likely N-dealkylation sites (tertiary alicyclic amines) is 2. The van der Waals surface area contributed by atoms with E-state index in [1.165, 1.54) is 0 Å². The molecule has 24 heavy (non-hydrogen) atoms. The molecule has 2 saturated heterocycles. The summed E-state index contributed by atoms with van der Waals surface area (Å²) in [5.41, 5.74) is 1.10. The maximum absolute atomic E-state index is 12.2. The lowest BCUT2D eigenvalue weighted by molar-refractivity contribution is -0.127. The predicted molar refractivity (Wildman–Crippen MR) is 93.9 cm³/mol. The number of carbonyl (C=O) groups is 2. The van der Waals surface area contributed by atoms with E-state index in [0.717, 1.165) is 51.1 Å². The smallest absolute Gasteiger partial charge is 0.317 e. The molecular weight excluding hydrogens is 304 g/mol. The lowest BCUT2D eigenvalue weighted by Crippen LogP contribution is -2.40. The molecule has 0 bridgehead atoms. The maximum atomic E-state index is 12.2. The molecule has 130 valence electrons. The zero-order chi connectivity index (χ0) is 16.8. The minimum atomic E-state index is 0.000102. The van der Waals surface area contributed by atoms with Crippen molar-refractivity contribution >= 4 is 17.6 Å². The average Bonchev–Trinajstić information content (AvgIpc) is 3.22. The summed E-state index contributed by atoms with van der Waals surface area (Å²) in [6.45, 7) is 3.74. The van der Waals surface area contributed by atoms with Crippen LogP contribution >= 0.6 is 0 Å². The highest BCUT2D eigenvalue weighted by Crippen LogP contribution is 2.15. The minimum absolute atomic E-state index is 0.000102. The Morgan fingerprint density at radius 3 is 2.79 bits per heavy atom. The van der Waals surface area contributed by atoms with Crippen LogP contribution in [-0.2, 0) is 4.79 Å². The number of amides is 3. The Kier molecular flexibility index (Phi) is 5.56. The number of nitrogens with one attached hydrogen (secondary N) is 2. The van der Waals surface area contributed by atoms with E-state index in [-0.39, 0.29) is 11.9 Å². The number of hydrogen-bond acceptors (Lipinski definition) is 3. The van der Waals surface area contributed by atoms with Crippen LogP contribution in [0, 0.1) is 0 Å². The Labute approximate surface area is 143 Å². The van der Waals surface area contributed by atoms with Gasteiger partial charge in [0, 0.05) is 50.9 Å². The lowest BCUT2D eigenvalue weighted by atomic mass is 10.2. The third-order valence-corrected chi connectivity index (χ3v) is 4.67. The van der Waals surface area contributed by atoms with Crippen molar-refractivity contribution < 1.29 is 9.59 Å². The zero-order valence-corrected chi connectivity index (χ0v) is 14.0. The van der Waals surface area contributed by atoms with Gasteiger partial charge in [0.1, 0.15) is 0 Å². The van der Waals surface area contributed by atoms with E-state index in [1.807, 2.05) is 40.1 Å². The third-order valence-electron chi connectivity index (χ3n) is 4.67. The number of carbonyl (C=O) groups excluding carboxylic acids is 2. The molecule has 2 N–H and O–H groups in total. The number of hydrogen-bond donors (Lipinski definition) is 2. The zero-order valence-electron chi connectivity index (χ0n) is 14.0. The molecule has 2 aliphatic rings. The first kappa shape index (κ1) is 16.6. The van der Waals surface area contributed by atoms with Crippen LogP contribution in [0.2, 0.25) is 0 Å². The summed E-state index contributed by atoms with van der Waals surface area (Å²) in [5, 5.41) is 6.44. The fourth-order valence-corrected chi connectivity index (χ4v) is 3.35. The first-order valence-corrected chi connectivity index (χ1v) is 8.84. The van der Waals surface area contributed by atoms with E-state index < -0.39 is 0 Å². The van der Waals surface area contributed by atoms with Crippen LogP contribution in [0.4, 0.5) is 10.5 Å². The summed E-state index contributed by atoms with van der Waals surface area (Å²) in [7, 11) is 0. The van der Waals surface area contributed by atoms with Crippen molar-refractivity contribution in [1.29, 1.82) is 0 Å². The van der Waals surface area contributed by atoms with Crippen LogP contribution in [-0.4, -0.2) is 60.5 Å². The van der Waals surface area contributed by atoms with Gasteiger partial charge < -0.3 is 20.4 Å². The molecule has 0 radical (unpaired) electrons. The van der Waals surface area contributed by atoms with Gasteiger partial charge in [0.15, 0.2) is 0 Å². The molecule has 1 aromatic rings. The molecule has 0 aliphatic carbocycles. The highest BCUT2D eigenvalue weighted by Gasteiger charge is 2.26. The van der Waals surface area contributed by atoms with Gasteiger partial charge in [-0.25, -0.2) is 4.79 Å². The van der Waals surface area contributed by atoms with E-state index in [2.05, 4.69) is 10.6 Å². The van der Waals surface area contributed by atoms with E-state index in [4.69, 9.17) is 0 Å². The van der Waals surface area contributed by atoms with Gasteiger partial charge in [0.05, 0.1) is 0 Å². The second-order valence-corrected chi connectivity index (χ2v) is 6.51. The standard InChI is InChI=1S/C18H26N4O2/c23-17-8-4-11-21(17)12-5-10-19-18(24)22-13-9-16(14-22)20-15-6-2-1-3-7-15/h1-3,6-7,16,20H,4-5,8-14H2,(H,19,24)/t16-/m0/s1. The highest BCUT2D eigenvalue weighted by atomic mass is 16.2. The SMILES string of the molecule is O=C1CCCN1CCCNC(=O)N1CC[C@H](Nc2ccccc2)C1. The third kappa shape index (κ3) is 4.40. The summed E-state index contributed by atoms with van der Waals surface area (Å²) in [6.07, 6.45) is 3.42. The minimum Gasteiger partial charge on any atom is -0.380 e. The van der Waals surface area contributed by atoms with Crippen molar-refractivity contribution in [2.45, 2.75) is 31.7 Å². The fraction of sp³-hybridized carbons (Fsp3) is 0.556. The van der Waals surface area contributed by atoms with E-state index in [1.54, 1.807) is 0 Å². The van der Waals surface area contributed by atoms with Crippen LogP contribution in [0.25, 0.3) is 0 Å². The molecule has 3 amide bonds. The Morgan fingerprint density at radius 1 is 1.21 bits per heavy atom. The van der Waals surface area contributed by atoms with Gasteiger partial charge in [0.25, 0.3) is 0 Å². The largest absolute Gasteiger partial charge is 0.380 e. The van der Waals surface area contributed by atoms with E-state index >= 15 is 0 Å². The van der Waals surface area contributed by atoms with Crippen molar-refractivity contribution in [2.24, 2.45) is 0 Å². The molecular formula is C18H26N4O2. The fourth-order valence-electron chi connectivity index (χ4n) is 3.35. The Hall–Kier alpha value is -2.24. The maximum Gasteiger partial charge on any atom is 0.317 e. The molecule has 0 spiro atoms. The Morgan fingerprint density at radius 2 is 2.04 bits per heavy atom. The predicted octanol–water partition coefficient (Wildman–Crippen LogP) is 1.89. The molecule has 2 fully saturated rings. The van der Waals surface area contributed by atoms with Crippen LogP contribution in [0.3, 0.4) is 0 Å². The number of para-hydroxylation sites is 1. The van der Waals surface area contributed by atoms with Gasteiger partial charge in [-0.15, -0.1) is 0 Å². The monoisotopic (exact) mass is 330 g/mol. The van der Waals surface area contributed by atoms with Crippen molar-refractivity contribution in [3.05, 3.63) is 30.3 Å². The van der Waals surface area contributed by atoms with Crippen molar-refractivity contribution in [1.82, 2.24) is 15.1 Å². The van der Waals surface area contributed by atoms with Crippen molar-refractivity contribution in [3.8, 4) is 0 Å². The van der Waals surface area contributed by atoms with Gasteiger partial charge in [-0.05, 0) is 31.4 Å². The molecule has 3 rings (SSSR count). The lowest BCUT2D eigenvalue weighted by Gasteiger charge is -2.19. The topological polar surface area (TPSA) is 64.7 Å². The summed E-state index contributed by atoms with van der Waals surface area (Å²) in [5.74, 6) is 0.246. The second-order valence-electron chi connectivity index (χ2n) is 6.51. The molecule has 2 heterocycles. The summed E-state index contributed by atoms with van der Waals surface area (Å²) in [6, 6.07) is 10.4. The van der Waals surface area contributed by atoms with Crippen LogP contribution in [0.5, 0.6) is 0 Å². The van der Waals surface area contributed by atoms with Gasteiger partial charge in [-0.3, -0.25) is 4.79 Å². The molecule has 0 aromatic heterocycles. The molecule has 0 saturated carbocycles. The summed E-state index contributed by atoms with van der Waals surface area (Å²) >= 11 is 0. The number of rotatable bonds is 6. The molecule has 1 atom stereocenters. The van der Waals surface area contributed by atoms with Crippen molar-refractivity contribution in [2.75, 3.05) is 38.0 Å². The second kappa shape index (κ2) is 8.04. The van der Waals surface area contributed by atoms with Crippen LogP contribution in [0.1, 0.15) is 25.7 Å². The van der Waals surface area contributed by atoms with Gasteiger partial charge >= 0.3 is 6.03 Å². The molecule has 6 heteroatoms. The number of anilines is 1. The summed E-state index contributed by atoms with van der Waals surface area (Å²) < 4.78 is 0. The molecule has 0 unspecified atom stereocenters. The molecule has 6 nitrogen and oxygen atoms in total. The molecule has 1 aromatic carbocycles. The molecule has 2 aliphatic heterocycles. The number of benzene rings is 1. The van der Waals surface area contributed by atoms with Gasteiger partial charge in [0.2, 0.25) is 5.91 Å². The van der Waals surface area contributed by atoms with Gasteiger partial charge in [-0.2, -0.15) is 0 Å². The Balaban J connectivity index is 1.33. The summed E-state index contributed by atoms with van der Waals surface area (Å²) in [4.78, 5) is 27.5. The Bertz CT molecular complexity index is 563.